The molecule has 1 aromatic carbocycles. The summed E-state index contributed by atoms with van der Waals surface area (Å²) < 4.78 is 24.2. The molecule has 20 heavy (non-hydrogen) atoms. The maximum atomic E-state index is 13.7. The van der Waals surface area contributed by atoms with Crippen LogP contribution in [0.5, 0.6) is 5.75 Å². The van der Waals surface area contributed by atoms with E-state index >= 15 is 0 Å². The lowest BCUT2D eigenvalue weighted by molar-refractivity contribution is 0.301. The standard InChI is InChI=1S/C15H19FN2O2/c1-2-7-20-15-10-14(13(17)9-12(15)16)18-6-5-11-4-3-8-19-11/h3-4,8-10,18H,2,5-7,17H2,1H3. The second kappa shape index (κ2) is 6.84. The maximum absolute atomic E-state index is 13.7. The van der Waals surface area contributed by atoms with Crippen LogP contribution in [0.25, 0.3) is 0 Å². The van der Waals surface area contributed by atoms with Gasteiger partial charge in [0.05, 0.1) is 24.2 Å². The number of nitrogen functional groups attached to an aromatic ring is 1. The van der Waals surface area contributed by atoms with Crippen molar-refractivity contribution in [2.75, 3.05) is 24.2 Å². The Morgan fingerprint density at radius 2 is 2.25 bits per heavy atom. The topological polar surface area (TPSA) is 60.4 Å². The molecule has 0 radical (unpaired) electrons. The maximum Gasteiger partial charge on any atom is 0.167 e. The van der Waals surface area contributed by atoms with Gasteiger partial charge in [-0.05, 0) is 18.6 Å². The van der Waals surface area contributed by atoms with E-state index in [2.05, 4.69) is 5.32 Å². The van der Waals surface area contributed by atoms with E-state index in [9.17, 15) is 4.39 Å². The molecule has 5 heteroatoms. The van der Waals surface area contributed by atoms with Crippen molar-refractivity contribution in [1.29, 1.82) is 0 Å². The van der Waals surface area contributed by atoms with Crippen LogP contribution in [-0.2, 0) is 6.42 Å². The number of rotatable bonds is 7. The van der Waals surface area contributed by atoms with Crippen LogP contribution in [-0.4, -0.2) is 13.2 Å². The lowest BCUT2D eigenvalue weighted by atomic mass is 10.2. The number of ether oxygens (including phenoxy) is 1. The van der Waals surface area contributed by atoms with E-state index in [0.29, 0.717) is 24.5 Å². The molecule has 0 fully saturated rings. The summed E-state index contributed by atoms with van der Waals surface area (Å²) >= 11 is 0. The molecule has 0 atom stereocenters. The molecule has 2 aromatic rings. The largest absolute Gasteiger partial charge is 0.490 e. The molecule has 1 heterocycles. The van der Waals surface area contributed by atoms with Crippen LogP contribution in [0.4, 0.5) is 15.8 Å². The summed E-state index contributed by atoms with van der Waals surface area (Å²) in [5.41, 5.74) is 6.83. The first-order chi connectivity index (χ1) is 9.70. The third-order valence-electron chi connectivity index (χ3n) is 2.83. The highest BCUT2D eigenvalue weighted by atomic mass is 19.1. The summed E-state index contributed by atoms with van der Waals surface area (Å²) in [7, 11) is 0. The quantitative estimate of drug-likeness (QED) is 0.762. The van der Waals surface area contributed by atoms with Crippen LogP contribution in [0.2, 0.25) is 0 Å². The number of furan rings is 1. The first-order valence-corrected chi connectivity index (χ1v) is 6.68. The third-order valence-corrected chi connectivity index (χ3v) is 2.83. The van der Waals surface area contributed by atoms with Crippen molar-refractivity contribution in [2.24, 2.45) is 0 Å². The van der Waals surface area contributed by atoms with E-state index in [4.69, 9.17) is 14.9 Å². The first-order valence-electron chi connectivity index (χ1n) is 6.68. The van der Waals surface area contributed by atoms with Gasteiger partial charge in [-0.15, -0.1) is 0 Å². The van der Waals surface area contributed by atoms with E-state index in [0.717, 1.165) is 18.6 Å². The van der Waals surface area contributed by atoms with Gasteiger partial charge in [0.1, 0.15) is 5.76 Å². The summed E-state index contributed by atoms with van der Waals surface area (Å²) in [5.74, 6) is 0.676. The molecule has 0 unspecified atom stereocenters. The van der Waals surface area contributed by atoms with Gasteiger partial charge in [0.2, 0.25) is 0 Å². The normalized spacial score (nSPS) is 10.5. The van der Waals surface area contributed by atoms with Crippen LogP contribution >= 0.6 is 0 Å². The number of hydrogen-bond donors (Lipinski definition) is 2. The highest BCUT2D eigenvalue weighted by Crippen LogP contribution is 2.28. The van der Waals surface area contributed by atoms with E-state index < -0.39 is 5.82 Å². The van der Waals surface area contributed by atoms with E-state index in [1.165, 1.54) is 6.07 Å². The Balaban J connectivity index is 1.99. The Kier molecular flexibility index (Phi) is 4.87. The summed E-state index contributed by atoms with van der Waals surface area (Å²) in [6, 6.07) is 6.63. The predicted molar refractivity (Wildman–Crippen MR) is 77.5 cm³/mol. The lowest BCUT2D eigenvalue weighted by Gasteiger charge is -2.12. The minimum atomic E-state index is -0.437. The molecule has 0 aliphatic heterocycles. The van der Waals surface area contributed by atoms with Gasteiger partial charge >= 0.3 is 0 Å². The Bertz CT molecular complexity index is 541. The van der Waals surface area contributed by atoms with E-state index in [1.807, 2.05) is 19.1 Å². The zero-order valence-electron chi connectivity index (χ0n) is 11.5. The number of nitrogens with one attached hydrogen (secondary N) is 1. The van der Waals surface area contributed by atoms with Gasteiger partial charge in [0.25, 0.3) is 0 Å². The highest BCUT2D eigenvalue weighted by Gasteiger charge is 2.09. The van der Waals surface area contributed by atoms with Gasteiger partial charge < -0.3 is 20.2 Å². The van der Waals surface area contributed by atoms with Gasteiger partial charge in [-0.1, -0.05) is 6.92 Å². The first kappa shape index (κ1) is 14.2. The molecule has 108 valence electrons. The third kappa shape index (κ3) is 3.66. The fourth-order valence-electron chi connectivity index (χ4n) is 1.82. The van der Waals surface area contributed by atoms with Gasteiger partial charge in [0, 0.05) is 25.1 Å². The molecule has 0 amide bonds. The van der Waals surface area contributed by atoms with Crippen molar-refractivity contribution < 1.29 is 13.5 Å². The molecule has 1 aromatic heterocycles. The average molecular weight is 278 g/mol. The molecular formula is C15H19FN2O2. The fourth-order valence-corrected chi connectivity index (χ4v) is 1.82. The van der Waals surface area contributed by atoms with E-state index in [-0.39, 0.29) is 5.75 Å². The minimum Gasteiger partial charge on any atom is -0.490 e. The summed E-state index contributed by atoms with van der Waals surface area (Å²) in [5, 5.41) is 3.16. The monoisotopic (exact) mass is 278 g/mol. The molecule has 3 N–H and O–H groups in total. The Morgan fingerprint density at radius 3 is 2.95 bits per heavy atom. The van der Waals surface area contributed by atoms with Crippen molar-refractivity contribution in [2.45, 2.75) is 19.8 Å². The molecule has 0 aliphatic carbocycles. The molecule has 0 bridgehead atoms. The number of benzene rings is 1. The minimum absolute atomic E-state index is 0.224. The van der Waals surface area contributed by atoms with E-state index in [1.54, 1.807) is 12.3 Å². The van der Waals surface area contributed by atoms with Crippen LogP contribution < -0.4 is 15.8 Å². The van der Waals surface area contributed by atoms with Crippen molar-refractivity contribution >= 4 is 11.4 Å². The number of nitrogens with two attached hydrogens (primary N) is 1. The average Bonchev–Trinajstić information content (AvgIpc) is 2.93. The highest BCUT2D eigenvalue weighted by molar-refractivity contribution is 5.68. The second-order valence-corrected chi connectivity index (χ2v) is 4.47. The Hall–Kier alpha value is -2.17. The van der Waals surface area contributed by atoms with Crippen molar-refractivity contribution in [3.8, 4) is 5.75 Å². The van der Waals surface area contributed by atoms with Crippen LogP contribution in [0.15, 0.2) is 34.9 Å². The molecular weight excluding hydrogens is 259 g/mol. The van der Waals surface area contributed by atoms with Crippen molar-refractivity contribution in [1.82, 2.24) is 0 Å². The molecule has 0 aliphatic rings. The van der Waals surface area contributed by atoms with Crippen LogP contribution in [0, 0.1) is 5.82 Å². The van der Waals surface area contributed by atoms with Gasteiger partial charge in [-0.2, -0.15) is 0 Å². The molecule has 0 spiro atoms. The molecule has 4 nitrogen and oxygen atoms in total. The van der Waals surface area contributed by atoms with Crippen LogP contribution in [0.1, 0.15) is 19.1 Å². The Labute approximate surface area is 117 Å². The van der Waals surface area contributed by atoms with Crippen molar-refractivity contribution in [3.63, 3.8) is 0 Å². The van der Waals surface area contributed by atoms with Crippen LogP contribution in [0.3, 0.4) is 0 Å². The zero-order valence-corrected chi connectivity index (χ0v) is 11.5. The number of hydrogen-bond acceptors (Lipinski definition) is 4. The molecule has 0 saturated carbocycles. The zero-order chi connectivity index (χ0) is 14.4. The SMILES string of the molecule is CCCOc1cc(NCCc2ccco2)c(N)cc1F. The lowest BCUT2D eigenvalue weighted by Crippen LogP contribution is -2.08. The van der Waals surface area contributed by atoms with Gasteiger partial charge in [-0.25, -0.2) is 4.39 Å². The Morgan fingerprint density at radius 1 is 1.40 bits per heavy atom. The molecule has 0 saturated heterocycles. The second-order valence-electron chi connectivity index (χ2n) is 4.47. The number of anilines is 2. The fraction of sp³-hybridized carbons (Fsp3) is 0.333. The molecule has 2 rings (SSSR count). The van der Waals surface area contributed by atoms with Gasteiger partial charge in [0.15, 0.2) is 11.6 Å². The predicted octanol–water partition coefficient (Wildman–Crippen LogP) is 3.44. The van der Waals surface area contributed by atoms with Gasteiger partial charge in [-0.3, -0.25) is 0 Å². The summed E-state index contributed by atoms with van der Waals surface area (Å²) in [6.45, 7) is 3.10. The summed E-state index contributed by atoms with van der Waals surface area (Å²) in [4.78, 5) is 0. The number of halogens is 1. The van der Waals surface area contributed by atoms with Crippen molar-refractivity contribution in [3.05, 3.63) is 42.1 Å². The smallest absolute Gasteiger partial charge is 0.167 e. The summed E-state index contributed by atoms with van der Waals surface area (Å²) in [6.07, 6.45) is 3.19.